The highest BCUT2D eigenvalue weighted by Gasteiger charge is 2.07. The summed E-state index contributed by atoms with van der Waals surface area (Å²) in [6.07, 6.45) is 3.58. The van der Waals surface area contributed by atoms with E-state index in [-0.39, 0.29) is 5.75 Å². The molecule has 0 aliphatic rings. The molecule has 0 fully saturated rings. The number of hydrogen-bond donors (Lipinski definition) is 1. The third-order valence-corrected chi connectivity index (χ3v) is 3.22. The summed E-state index contributed by atoms with van der Waals surface area (Å²) in [5.74, 6) is 0.174. The Morgan fingerprint density at radius 3 is 2.33 bits per heavy atom. The highest BCUT2D eigenvalue weighted by Crippen LogP contribution is 2.22. The van der Waals surface area contributed by atoms with Crippen molar-refractivity contribution in [3.63, 3.8) is 0 Å². The Bertz CT molecular complexity index is 844. The average molecular weight is 346 g/mol. The van der Waals surface area contributed by atoms with Crippen LogP contribution in [0.1, 0.15) is 11.1 Å². The Balaban J connectivity index is 2.17. The molecule has 0 aliphatic carbocycles. The van der Waals surface area contributed by atoms with Crippen LogP contribution in [-0.4, -0.2) is 27.5 Å². The molecule has 2 rings (SSSR count). The van der Waals surface area contributed by atoms with Crippen LogP contribution < -0.4 is 9.32 Å². The lowest BCUT2D eigenvalue weighted by atomic mass is 10.1. The largest absolute Gasteiger partial charge is 0.380 e. The van der Waals surface area contributed by atoms with Crippen molar-refractivity contribution in [1.82, 2.24) is 5.01 Å². The maximum Gasteiger partial charge on any atom is 0.380 e. The van der Waals surface area contributed by atoms with E-state index in [4.69, 9.17) is 9.32 Å². The first-order valence-electron chi connectivity index (χ1n) is 7.02. The van der Waals surface area contributed by atoms with Crippen molar-refractivity contribution in [3.8, 4) is 5.75 Å². The van der Waals surface area contributed by atoms with Crippen molar-refractivity contribution >= 4 is 28.1 Å². The molecule has 0 aliphatic heterocycles. The second-order valence-corrected chi connectivity index (χ2v) is 6.23. The molecular weight excluding hydrogens is 328 g/mol. The average Bonchev–Trinajstić information content (AvgIpc) is 2.51. The molecule has 0 saturated carbocycles. The van der Waals surface area contributed by atoms with Gasteiger partial charge in [-0.2, -0.15) is 13.6 Å². The maximum absolute atomic E-state index is 11.1. The summed E-state index contributed by atoms with van der Waals surface area (Å²) in [5.41, 5.74) is 2.26. The van der Waals surface area contributed by atoms with Crippen molar-refractivity contribution in [2.45, 2.75) is 0 Å². The zero-order valence-electron chi connectivity index (χ0n) is 13.3. The van der Waals surface area contributed by atoms with Gasteiger partial charge in [-0.05, 0) is 23.8 Å². The van der Waals surface area contributed by atoms with E-state index in [0.717, 1.165) is 11.3 Å². The van der Waals surface area contributed by atoms with E-state index in [2.05, 4.69) is 10.3 Å². The van der Waals surface area contributed by atoms with Crippen molar-refractivity contribution < 1.29 is 12.6 Å². The van der Waals surface area contributed by atoms with E-state index < -0.39 is 10.3 Å². The summed E-state index contributed by atoms with van der Waals surface area (Å²) in [6.45, 7) is 0. The van der Waals surface area contributed by atoms with Gasteiger partial charge in [-0.15, -0.1) is 5.11 Å². The lowest BCUT2D eigenvalue weighted by molar-refractivity contribution is 0.408. The highest BCUT2D eigenvalue weighted by molar-refractivity contribution is 7.84. The predicted octanol–water partition coefficient (Wildman–Crippen LogP) is 3.00. The minimum atomic E-state index is -4.06. The van der Waals surface area contributed by atoms with E-state index in [1.165, 1.54) is 6.07 Å². The molecule has 2 aromatic carbocycles. The van der Waals surface area contributed by atoms with Crippen molar-refractivity contribution in [2.75, 3.05) is 14.1 Å². The van der Waals surface area contributed by atoms with Crippen LogP contribution in [0, 0.1) is 0 Å². The molecule has 0 heterocycles. The fourth-order valence-electron chi connectivity index (χ4n) is 1.80. The predicted molar refractivity (Wildman–Crippen MR) is 93.8 cm³/mol. The zero-order valence-corrected chi connectivity index (χ0v) is 14.1. The molecule has 126 valence electrons. The molecule has 0 saturated heterocycles. The van der Waals surface area contributed by atoms with E-state index in [1.807, 2.05) is 30.3 Å². The molecule has 0 bridgehead atoms. The Kier molecular flexibility index (Phi) is 5.67. The van der Waals surface area contributed by atoms with Gasteiger partial charge in [0.2, 0.25) is 0 Å². The summed E-state index contributed by atoms with van der Waals surface area (Å²) in [5, 5.41) is 14.5. The molecule has 0 atom stereocenters. The molecule has 7 nitrogen and oxygen atoms in total. The molecule has 0 radical (unpaired) electrons. The van der Waals surface area contributed by atoms with Gasteiger partial charge in [0.25, 0.3) is 0 Å². The lowest BCUT2D eigenvalue weighted by Crippen LogP contribution is -2.19. The first-order chi connectivity index (χ1) is 11.3. The van der Waals surface area contributed by atoms with Crippen molar-refractivity contribution in [2.24, 2.45) is 15.5 Å². The number of nitrogens with zero attached hydrogens (tertiary/aromatic N) is 3. The van der Waals surface area contributed by atoms with Crippen LogP contribution in [0.2, 0.25) is 0 Å². The molecule has 0 unspecified atom stereocenters. The normalized spacial score (nSPS) is 12.0. The van der Waals surface area contributed by atoms with Crippen molar-refractivity contribution in [1.29, 1.82) is 0 Å². The minimum Gasteiger partial charge on any atom is -0.370 e. The van der Waals surface area contributed by atoms with Crippen LogP contribution >= 0.6 is 0 Å². The van der Waals surface area contributed by atoms with Gasteiger partial charge in [0.15, 0.2) is 5.75 Å². The zero-order chi connectivity index (χ0) is 17.6. The molecule has 0 spiro atoms. The minimum absolute atomic E-state index is 0.174. The standard InChI is InChI=1S/C16H18N4O3S/c1-20(2)19-18-15-11-8-13(9-12-15)7-10-14-5-3-4-6-16(14)23-24(17,21)22/h3-12H,1-2H3,(H2,17,21,22)/b10-7-,19-18?. The topological polar surface area (TPSA) is 97.3 Å². The Morgan fingerprint density at radius 1 is 1.04 bits per heavy atom. The molecule has 2 N–H and O–H groups in total. The van der Waals surface area contributed by atoms with Crippen LogP contribution in [-0.2, 0) is 10.3 Å². The molecule has 24 heavy (non-hydrogen) atoms. The summed E-state index contributed by atoms with van der Waals surface area (Å²) in [4.78, 5) is 0. The monoisotopic (exact) mass is 346 g/mol. The Hall–Kier alpha value is -2.71. The summed E-state index contributed by atoms with van der Waals surface area (Å²) < 4.78 is 26.9. The second kappa shape index (κ2) is 7.71. The first kappa shape index (κ1) is 17.6. The van der Waals surface area contributed by atoms with Crippen LogP contribution in [0.25, 0.3) is 12.2 Å². The molecule has 8 heteroatoms. The van der Waals surface area contributed by atoms with Gasteiger partial charge >= 0.3 is 10.3 Å². The number of hydrogen-bond acceptors (Lipinski definition) is 5. The fourth-order valence-corrected chi connectivity index (χ4v) is 2.20. The third kappa shape index (κ3) is 5.82. The third-order valence-electron chi connectivity index (χ3n) is 2.81. The van der Waals surface area contributed by atoms with Gasteiger partial charge in [0.05, 0.1) is 5.69 Å². The molecule has 2 aromatic rings. The van der Waals surface area contributed by atoms with Gasteiger partial charge in [0, 0.05) is 19.7 Å². The van der Waals surface area contributed by atoms with E-state index in [9.17, 15) is 8.42 Å². The smallest absolute Gasteiger partial charge is 0.370 e. The maximum atomic E-state index is 11.1. The second-order valence-electron chi connectivity index (χ2n) is 5.08. The van der Waals surface area contributed by atoms with Gasteiger partial charge in [-0.25, -0.2) is 0 Å². The molecule has 0 amide bonds. The van der Waals surface area contributed by atoms with E-state index in [0.29, 0.717) is 5.56 Å². The van der Waals surface area contributed by atoms with E-state index >= 15 is 0 Å². The van der Waals surface area contributed by atoms with Crippen molar-refractivity contribution in [3.05, 3.63) is 59.7 Å². The molecular formula is C16H18N4O3S. The van der Waals surface area contributed by atoms with Gasteiger partial charge in [-0.3, -0.25) is 5.01 Å². The van der Waals surface area contributed by atoms with Gasteiger partial charge < -0.3 is 4.18 Å². The highest BCUT2D eigenvalue weighted by atomic mass is 32.2. The summed E-state index contributed by atoms with van der Waals surface area (Å²) >= 11 is 0. The lowest BCUT2D eigenvalue weighted by Gasteiger charge is -2.05. The SMILES string of the molecule is CN(C)N=Nc1ccc(/C=C\c2ccccc2OS(N)(=O)=O)cc1. The Morgan fingerprint density at radius 2 is 1.71 bits per heavy atom. The van der Waals surface area contributed by atoms with E-state index in [1.54, 1.807) is 43.4 Å². The number of nitrogens with two attached hydrogens (primary N) is 1. The number of benzene rings is 2. The van der Waals surface area contributed by atoms with Crippen LogP contribution in [0.4, 0.5) is 5.69 Å². The molecule has 0 aromatic heterocycles. The first-order valence-corrected chi connectivity index (χ1v) is 8.49. The quantitative estimate of drug-likeness (QED) is 0.494. The Labute approximate surface area is 141 Å². The van der Waals surface area contributed by atoms with Crippen LogP contribution in [0.15, 0.2) is 58.9 Å². The fraction of sp³-hybridized carbons (Fsp3) is 0.125. The summed E-state index contributed by atoms with van der Waals surface area (Å²) in [6, 6.07) is 14.1. The van der Waals surface area contributed by atoms with Crippen LogP contribution in [0.3, 0.4) is 0 Å². The number of para-hydroxylation sites is 1. The number of rotatable bonds is 6. The van der Waals surface area contributed by atoms with Gasteiger partial charge in [0.1, 0.15) is 0 Å². The summed E-state index contributed by atoms with van der Waals surface area (Å²) in [7, 11) is -0.476. The van der Waals surface area contributed by atoms with Gasteiger partial charge in [-0.1, -0.05) is 47.7 Å². The van der Waals surface area contributed by atoms with Crippen LogP contribution in [0.5, 0.6) is 5.75 Å².